The van der Waals surface area contributed by atoms with Crippen molar-refractivity contribution in [2.75, 3.05) is 39.5 Å². The molecular weight excluding hydrogens is 246 g/mol. The molecule has 0 atom stereocenters. The minimum absolute atomic E-state index is 0.135. The summed E-state index contributed by atoms with van der Waals surface area (Å²) in [6.07, 6.45) is 0.625. The Bertz CT molecular complexity index is 406. The number of aliphatic hydroxyl groups excluding tert-OH is 1. The zero-order valence-corrected chi connectivity index (χ0v) is 10.9. The first-order chi connectivity index (χ1) is 9.38. The van der Waals surface area contributed by atoms with E-state index in [4.69, 9.17) is 14.6 Å². The summed E-state index contributed by atoms with van der Waals surface area (Å²) in [5, 5.41) is 18.9. The van der Waals surface area contributed by atoms with Crippen LogP contribution in [-0.4, -0.2) is 49.6 Å². The van der Waals surface area contributed by atoms with Gasteiger partial charge in [0.05, 0.1) is 38.6 Å². The predicted molar refractivity (Wildman–Crippen MR) is 70.5 cm³/mol. The first-order valence-corrected chi connectivity index (χ1v) is 6.46. The molecule has 0 saturated carbocycles. The zero-order chi connectivity index (χ0) is 13.3. The third-order valence-electron chi connectivity index (χ3n) is 2.66. The lowest BCUT2D eigenvalue weighted by atomic mass is 10.3. The summed E-state index contributed by atoms with van der Waals surface area (Å²) >= 11 is 0. The second-order valence-electron chi connectivity index (χ2n) is 4.18. The van der Waals surface area contributed by atoms with E-state index >= 15 is 0 Å². The van der Waals surface area contributed by atoms with Gasteiger partial charge in [0.2, 0.25) is 0 Å². The van der Waals surface area contributed by atoms with Crippen LogP contribution in [0.1, 0.15) is 6.42 Å². The lowest BCUT2D eigenvalue weighted by Gasteiger charge is -2.22. The highest BCUT2D eigenvalue weighted by Gasteiger charge is 2.07. The molecule has 6 heteroatoms. The van der Waals surface area contributed by atoms with E-state index in [-0.39, 0.29) is 6.61 Å². The fourth-order valence-corrected chi connectivity index (χ4v) is 1.65. The predicted octanol–water partition coefficient (Wildman–Crippen LogP) is 1.78. The first kappa shape index (κ1) is 13.8. The number of hydrogen-bond donors (Lipinski definition) is 1. The van der Waals surface area contributed by atoms with Gasteiger partial charge in [0, 0.05) is 19.1 Å². The summed E-state index contributed by atoms with van der Waals surface area (Å²) in [4.78, 5) is 0. The topological polar surface area (TPSA) is 66.7 Å². The van der Waals surface area contributed by atoms with Gasteiger partial charge in [-0.3, -0.25) is 5.01 Å². The molecule has 0 radical (unpaired) electrons. The molecule has 1 aliphatic heterocycles. The van der Waals surface area contributed by atoms with Crippen molar-refractivity contribution in [3.63, 3.8) is 0 Å². The van der Waals surface area contributed by atoms with Gasteiger partial charge in [0.25, 0.3) is 0 Å². The number of aliphatic hydroxyl groups is 1. The number of benzene rings is 1. The summed E-state index contributed by atoms with van der Waals surface area (Å²) in [6, 6.07) is 7.46. The van der Waals surface area contributed by atoms with E-state index in [1.165, 1.54) is 0 Å². The number of rotatable bonds is 6. The van der Waals surface area contributed by atoms with Crippen LogP contribution in [-0.2, 0) is 4.74 Å². The van der Waals surface area contributed by atoms with Crippen LogP contribution in [0.3, 0.4) is 0 Å². The van der Waals surface area contributed by atoms with Gasteiger partial charge in [-0.1, -0.05) is 11.3 Å². The first-order valence-electron chi connectivity index (χ1n) is 6.46. The van der Waals surface area contributed by atoms with Crippen LogP contribution in [0.4, 0.5) is 5.69 Å². The summed E-state index contributed by atoms with van der Waals surface area (Å²) in [5.74, 6) is 0.742. The van der Waals surface area contributed by atoms with Crippen LogP contribution in [0.15, 0.2) is 34.6 Å². The van der Waals surface area contributed by atoms with Crippen molar-refractivity contribution in [3.05, 3.63) is 24.3 Å². The molecule has 104 valence electrons. The molecule has 1 heterocycles. The van der Waals surface area contributed by atoms with Crippen LogP contribution < -0.4 is 4.74 Å². The summed E-state index contributed by atoms with van der Waals surface area (Å²) in [7, 11) is 0. The quantitative estimate of drug-likeness (QED) is 0.629. The van der Waals surface area contributed by atoms with E-state index in [0.717, 1.165) is 24.5 Å². The monoisotopic (exact) mass is 265 g/mol. The maximum atomic E-state index is 8.70. The average molecular weight is 265 g/mol. The standard InChI is InChI=1S/C13H19N3O3/c17-7-2-8-19-13-4-1-3-12(11-13)14-15-16-5-9-18-10-6-16/h1,3-4,11,17H,2,5-10H2. The largest absolute Gasteiger partial charge is 0.493 e. The van der Waals surface area contributed by atoms with Crippen molar-refractivity contribution >= 4 is 5.69 Å². The summed E-state index contributed by atoms with van der Waals surface area (Å²) in [6.45, 7) is 3.58. The highest BCUT2D eigenvalue weighted by atomic mass is 16.5. The van der Waals surface area contributed by atoms with Crippen LogP contribution in [0.5, 0.6) is 5.75 Å². The SMILES string of the molecule is OCCCOc1cccc(N=NN2CCOCC2)c1. The molecule has 19 heavy (non-hydrogen) atoms. The van der Waals surface area contributed by atoms with Crippen molar-refractivity contribution in [1.29, 1.82) is 0 Å². The lowest BCUT2D eigenvalue weighted by Crippen LogP contribution is -2.31. The molecule has 1 aromatic rings. The molecule has 1 aliphatic rings. The normalized spacial score (nSPS) is 15.9. The Morgan fingerprint density at radius 3 is 2.95 bits per heavy atom. The molecule has 2 rings (SSSR count). The fraction of sp³-hybridized carbons (Fsp3) is 0.538. The van der Waals surface area contributed by atoms with Crippen LogP contribution in [0, 0.1) is 0 Å². The maximum absolute atomic E-state index is 8.70. The smallest absolute Gasteiger partial charge is 0.121 e. The lowest BCUT2D eigenvalue weighted by molar-refractivity contribution is 0.0353. The number of ether oxygens (including phenoxy) is 2. The molecular formula is C13H19N3O3. The van der Waals surface area contributed by atoms with Crippen molar-refractivity contribution < 1.29 is 14.6 Å². The Kier molecular flexibility index (Phi) is 5.58. The summed E-state index contributed by atoms with van der Waals surface area (Å²) < 4.78 is 10.7. The van der Waals surface area contributed by atoms with Crippen LogP contribution >= 0.6 is 0 Å². The van der Waals surface area contributed by atoms with Gasteiger partial charge in [-0.05, 0) is 12.1 Å². The Morgan fingerprint density at radius 1 is 1.32 bits per heavy atom. The van der Waals surface area contributed by atoms with Crippen molar-refractivity contribution in [3.8, 4) is 5.75 Å². The van der Waals surface area contributed by atoms with Gasteiger partial charge in [0.1, 0.15) is 5.75 Å². The third-order valence-corrected chi connectivity index (χ3v) is 2.66. The molecule has 1 fully saturated rings. The van der Waals surface area contributed by atoms with Gasteiger partial charge in [-0.25, -0.2) is 0 Å². The van der Waals surface area contributed by atoms with Crippen LogP contribution in [0.25, 0.3) is 0 Å². The van der Waals surface area contributed by atoms with E-state index in [2.05, 4.69) is 10.3 Å². The Balaban J connectivity index is 1.88. The van der Waals surface area contributed by atoms with E-state index in [9.17, 15) is 0 Å². The minimum Gasteiger partial charge on any atom is -0.493 e. The highest BCUT2D eigenvalue weighted by molar-refractivity contribution is 5.42. The molecule has 6 nitrogen and oxygen atoms in total. The minimum atomic E-state index is 0.135. The van der Waals surface area contributed by atoms with E-state index in [1.54, 1.807) is 0 Å². The maximum Gasteiger partial charge on any atom is 0.121 e. The Labute approximate surface area is 112 Å². The third kappa shape index (κ3) is 4.84. The van der Waals surface area contributed by atoms with E-state index in [1.807, 2.05) is 29.3 Å². The average Bonchev–Trinajstić information content (AvgIpc) is 2.47. The molecule has 1 aromatic carbocycles. The molecule has 0 spiro atoms. The Morgan fingerprint density at radius 2 is 2.16 bits per heavy atom. The van der Waals surface area contributed by atoms with Crippen molar-refractivity contribution in [2.45, 2.75) is 6.42 Å². The van der Waals surface area contributed by atoms with Gasteiger partial charge in [-0.15, -0.1) is 5.11 Å². The number of nitrogens with zero attached hydrogens (tertiary/aromatic N) is 3. The molecule has 1 saturated heterocycles. The fourth-order valence-electron chi connectivity index (χ4n) is 1.65. The second kappa shape index (κ2) is 7.70. The highest BCUT2D eigenvalue weighted by Crippen LogP contribution is 2.20. The van der Waals surface area contributed by atoms with Gasteiger partial charge < -0.3 is 14.6 Å². The van der Waals surface area contributed by atoms with Gasteiger partial charge >= 0.3 is 0 Å². The van der Waals surface area contributed by atoms with E-state index < -0.39 is 0 Å². The van der Waals surface area contributed by atoms with Gasteiger partial charge in [0.15, 0.2) is 0 Å². The molecule has 1 N–H and O–H groups in total. The van der Waals surface area contributed by atoms with Crippen molar-refractivity contribution in [1.82, 2.24) is 5.01 Å². The van der Waals surface area contributed by atoms with Gasteiger partial charge in [-0.2, -0.15) is 0 Å². The summed E-state index contributed by atoms with van der Waals surface area (Å²) in [5.41, 5.74) is 0.757. The Hall–Kier alpha value is -1.66. The molecule has 0 bridgehead atoms. The molecule has 0 amide bonds. The van der Waals surface area contributed by atoms with Crippen molar-refractivity contribution in [2.24, 2.45) is 10.3 Å². The van der Waals surface area contributed by atoms with E-state index in [0.29, 0.717) is 26.2 Å². The molecule has 0 unspecified atom stereocenters. The number of morpholine rings is 1. The van der Waals surface area contributed by atoms with Crippen LogP contribution in [0.2, 0.25) is 0 Å². The molecule has 0 aliphatic carbocycles. The second-order valence-corrected chi connectivity index (χ2v) is 4.18. The number of hydrogen-bond acceptors (Lipinski definition) is 5. The zero-order valence-electron chi connectivity index (χ0n) is 10.9. The molecule has 0 aromatic heterocycles.